The van der Waals surface area contributed by atoms with Gasteiger partial charge in [-0.05, 0) is 85.6 Å². The molecule has 1 aliphatic rings. The Morgan fingerprint density at radius 2 is 1.78 bits per heavy atom. The lowest BCUT2D eigenvalue weighted by atomic mass is 9.87. The lowest BCUT2D eigenvalue weighted by molar-refractivity contribution is -0.659. The first-order valence-corrected chi connectivity index (χ1v) is 10.3. The summed E-state index contributed by atoms with van der Waals surface area (Å²) < 4.78 is 2.28. The SMILES string of the molecule is Cc1cc(C)c(C)c(-c2c3ccc(C4CCC(C)(C)C4)cc3cc[n+]2C)c1. The van der Waals surface area contributed by atoms with Crippen molar-refractivity contribution < 1.29 is 4.57 Å². The molecule has 2 aromatic carbocycles. The van der Waals surface area contributed by atoms with E-state index in [4.69, 9.17) is 0 Å². The van der Waals surface area contributed by atoms with Crippen molar-refractivity contribution in [3.8, 4) is 11.3 Å². The number of pyridine rings is 1. The molecule has 1 saturated carbocycles. The highest BCUT2D eigenvalue weighted by atomic mass is 14.9. The van der Waals surface area contributed by atoms with Crippen molar-refractivity contribution in [1.29, 1.82) is 0 Å². The van der Waals surface area contributed by atoms with Crippen LogP contribution < -0.4 is 4.57 Å². The molecule has 1 unspecified atom stereocenters. The van der Waals surface area contributed by atoms with Crippen molar-refractivity contribution in [1.82, 2.24) is 0 Å². The number of fused-ring (bicyclic) bond motifs is 1. The van der Waals surface area contributed by atoms with Gasteiger partial charge in [-0.25, -0.2) is 4.57 Å². The van der Waals surface area contributed by atoms with Gasteiger partial charge in [0.05, 0.1) is 10.9 Å². The third-order valence-corrected chi connectivity index (χ3v) is 6.67. The van der Waals surface area contributed by atoms with E-state index in [1.54, 1.807) is 0 Å². The Bertz CT molecular complexity index is 1030. The van der Waals surface area contributed by atoms with Crippen LogP contribution in [0.3, 0.4) is 0 Å². The van der Waals surface area contributed by atoms with E-state index in [9.17, 15) is 0 Å². The van der Waals surface area contributed by atoms with Gasteiger partial charge in [0.2, 0.25) is 5.69 Å². The molecule has 1 nitrogen and oxygen atoms in total. The molecular formula is C26H32N+. The van der Waals surface area contributed by atoms with Gasteiger partial charge < -0.3 is 0 Å². The predicted molar refractivity (Wildman–Crippen MR) is 115 cm³/mol. The van der Waals surface area contributed by atoms with E-state index < -0.39 is 0 Å². The number of aromatic nitrogens is 1. The third-order valence-electron chi connectivity index (χ3n) is 6.67. The number of nitrogens with zero attached hydrogens (tertiary/aromatic N) is 1. The summed E-state index contributed by atoms with van der Waals surface area (Å²) in [5, 5.41) is 2.72. The minimum Gasteiger partial charge on any atom is -0.200 e. The van der Waals surface area contributed by atoms with Gasteiger partial charge >= 0.3 is 0 Å². The molecule has 1 aliphatic carbocycles. The summed E-state index contributed by atoms with van der Waals surface area (Å²) in [6.45, 7) is 11.5. The number of rotatable bonds is 2. The molecule has 0 spiro atoms. The first kappa shape index (κ1) is 18.2. The summed E-state index contributed by atoms with van der Waals surface area (Å²) in [5.74, 6) is 0.713. The van der Waals surface area contributed by atoms with Crippen LogP contribution in [0.25, 0.3) is 22.0 Å². The largest absolute Gasteiger partial charge is 0.220 e. The average Bonchev–Trinajstić information content (AvgIpc) is 2.98. The predicted octanol–water partition coefficient (Wildman–Crippen LogP) is 6.55. The second-order valence-electron chi connectivity index (χ2n) is 9.48. The Labute approximate surface area is 164 Å². The molecule has 140 valence electrons. The Morgan fingerprint density at radius 3 is 2.48 bits per heavy atom. The molecule has 1 fully saturated rings. The number of aryl methyl sites for hydroxylation is 3. The van der Waals surface area contributed by atoms with Gasteiger partial charge in [-0.2, -0.15) is 0 Å². The summed E-state index contributed by atoms with van der Waals surface area (Å²) in [6, 6.07) is 14.1. The summed E-state index contributed by atoms with van der Waals surface area (Å²) >= 11 is 0. The second kappa shape index (κ2) is 6.48. The number of hydrogen-bond acceptors (Lipinski definition) is 0. The van der Waals surface area contributed by atoms with Crippen LogP contribution in [0.2, 0.25) is 0 Å². The van der Waals surface area contributed by atoms with Crippen LogP contribution in [0, 0.1) is 26.2 Å². The van der Waals surface area contributed by atoms with E-state index in [0.717, 1.165) is 0 Å². The van der Waals surface area contributed by atoms with Gasteiger partial charge in [-0.1, -0.05) is 37.6 Å². The summed E-state index contributed by atoms with van der Waals surface area (Å²) in [6.07, 6.45) is 6.19. The Hall–Kier alpha value is -2.15. The normalized spacial score (nSPS) is 19.0. The Kier molecular flexibility index (Phi) is 4.37. The highest BCUT2D eigenvalue weighted by Crippen LogP contribution is 2.46. The molecule has 0 aliphatic heterocycles. The maximum Gasteiger partial charge on any atom is 0.220 e. The quantitative estimate of drug-likeness (QED) is 0.457. The van der Waals surface area contributed by atoms with Crippen molar-refractivity contribution in [3.05, 3.63) is 64.8 Å². The molecule has 0 radical (unpaired) electrons. The fourth-order valence-electron chi connectivity index (χ4n) is 4.99. The van der Waals surface area contributed by atoms with Crippen molar-refractivity contribution in [2.24, 2.45) is 12.5 Å². The van der Waals surface area contributed by atoms with E-state index in [1.807, 2.05) is 0 Å². The maximum absolute atomic E-state index is 2.45. The van der Waals surface area contributed by atoms with Crippen molar-refractivity contribution in [3.63, 3.8) is 0 Å². The van der Waals surface area contributed by atoms with E-state index in [-0.39, 0.29) is 0 Å². The zero-order valence-corrected chi connectivity index (χ0v) is 17.7. The maximum atomic E-state index is 2.45. The molecule has 1 atom stereocenters. The number of benzene rings is 2. The summed E-state index contributed by atoms with van der Waals surface area (Å²) in [4.78, 5) is 0. The monoisotopic (exact) mass is 358 g/mol. The van der Waals surface area contributed by atoms with Gasteiger partial charge in [0.15, 0.2) is 6.20 Å². The Balaban J connectivity index is 1.87. The zero-order valence-electron chi connectivity index (χ0n) is 17.7. The minimum atomic E-state index is 0.490. The molecule has 1 heterocycles. The molecule has 0 bridgehead atoms. The van der Waals surface area contributed by atoms with Gasteiger partial charge in [-0.15, -0.1) is 0 Å². The van der Waals surface area contributed by atoms with Crippen LogP contribution in [-0.2, 0) is 7.05 Å². The molecular weight excluding hydrogens is 326 g/mol. The molecule has 4 rings (SSSR count). The topological polar surface area (TPSA) is 3.88 Å². The van der Waals surface area contributed by atoms with Gasteiger partial charge in [-0.3, -0.25) is 0 Å². The third kappa shape index (κ3) is 3.29. The summed E-state index contributed by atoms with van der Waals surface area (Å²) in [7, 11) is 2.17. The highest BCUT2D eigenvalue weighted by Gasteiger charge is 2.32. The van der Waals surface area contributed by atoms with E-state index in [0.29, 0.717) is 11.3 Å². The van der Waals surface area contributed by atoms with Crippen molar-refractivity contribution in [2.45, 2.75) is 59.8 Å². The molecule has 1 heteroatoms. The summed E-state index contributed by atoms with van der Waals surface area (Å²) in [5.41, 5.74) is 8.77. The fraction of sp³-hybridized carbons (Fsp3) is 0.423. The second-order valence-corrected chi connectivity index (χ2v) is 9.48. The van der Waals surface area contributed by atoms with Crippen LogP contribution in [0.15, 0.2) is 42.6 Å². The van der Waals surface area contributed by atoms with Gasteiger partial charge in [0.25, 0.3) is 0 Å². The first-order chi connectivity index (χ1) is 12.7. The van der Waals surface area contributed by atoms with E-state index in [2.05, 4.69) is 88.8 Å². The first-order valence-electron chi connectivity index (χ1n) is 10.3. The molecule has 0 N–H and O–H groups in total. The molecule has 3 aromatic rings. The van der Waals surface area contributed by atoms with E-state index >= 15 is 0 Å². The van der Waals surface area contributed by atoms with Crippen molar-refractivity contribution >= 4 is 10.8 Å². The smallest absolute Gasteiger partial charge is 0.200 e. The standard InChI is InChI=1S/C26H32N/c1-17-13-18(2)19(3)24(14-17)25-23-8-7-20(15-21(23)10-12-27(25)6)22-9-11-26(4,5)16-22/h7-8,10,12-15,22H,9,11,16H2,1-6H3/q+1. The zero-order chi connectivity index (χ0) is 19.3. The molecule has 27 heavy (non-hydrogen) atoms. The van der Waals surface area contributed by atoms with Crippen LogP contribution in [0.5, 0.6) is 0 Å². The van der Waals surface area contributed by atoms with Gasteiger partial charge in [0.1, 0.15) is 7.05 Å². The van der Waals surface area contributed by atoms with Gasteiger partial charge in [0, 0.05) is 6.07 Å². The lowest BCUT2D eigenvalue weighted by Gasteiger charge is -2.18. The van der Waals surface area contributed by atoms with Crippen LogP contribution >= 0.6 is 0 Å². The van der Waals surface area contributed by atoms with E-state index in [1.165, 1.54) is 63.5 Å². The van der Waals surface area contributed by atoms with Crippen LogP contribution in [0.4, 0.5) is 0 Å². The molecule has 1 aromatic heterocycles. The van der Waals surface area contributed by atoms with Crippen LogP contribution in [-0.4, -0.2) is 0 Å². The van der Waals surface area contributed by atoms with Crippen molar-refractivity contribution in [2.75, 3.05) is 0 Å². The van der Waals surface area contributed by atoms with Crippen LogP contribution in [0.1, 0.15) is 61.3 Å². The average molecular weight is 359 g/mol. The minimum absolute atomic E-state index is 0.490. The number of hydrogen-bond donors (Lipinski definition) is 0. The molecule has 0 amide bonds. The Morgan fingerprint density at radius 1 is 1.00 bits per heavy atom. The lowest BCUT2D eigenvalue weighted by Crippen LogP contribution is -2.30. The highest BCUT2D eigenvalue weighted by molar-refractivity contribution is 5.94. The fourth-order valence-corrected chi connectivity index (χ4v) is 4.99. The molecule has 0 saturated heterocycles.